The van der Waals surface area contributed by atoms with Gasteiger partial charge in [-0.1, -0.05) is 0 Å². The molecule has 9 nitrogen and oxygen atoms in total. The fourth-order valence-corrected chi connectivity index (χ4v) is 2.68. The molecule has 1 amide bonds. The minimum atomic E-state index is -4.14. The van der Waals surface area contributed by atoms with Gasteiger partial charge < -0.3 is 19.5 Å². The standard InChI is InChI=1S/C17H17FN2O7S/c1-25-10-3-6-15(26-2)14(7-10)20-16(21)9-27-17(22)12-8-11(28(19,23)24)4-5-13(12)18/h3-8H,9H2,1-2H3,(H,20,21)(H2,19,23,24). The Bertz CT molecular complexity index is 1010. The third kappa shape index (κ3) is 5.18. The van der Waals surface area contributed by atoms with E-state index in [1.54, 1.807) is 12.1 Å². The summed E-state index contributed by atoms with van der Waals surface area (Å²) in [5.74, 6) is -2.19. The Kier molecular flexibility index (Phi) is 6.54. The van der Waals surface area contributed by atoms with Gasteiger partial charge in [0, 0.05) is 6.07 Å². The number of hydrogen-bond donors (Lipinski definition) is 2. The van der Waals surface area contributed by atoms with Gasteiger partial charge in [-0.2, -0.15) is 0 Å². The number of carbonyl (C=O) groups excluding carboxylic acids is 2. The van der Waals surface area contributed by atoms with Crippen LogP contribution in [0.1, 0.15) is 10.4 Å². The van der Waals surface area contributed by atoms with Crippen LogP contribution in [0, 0.1) is 5.82 Å². The van der Waals surface area contributed by atoms with Crippen LogP contribution in [-0.2, 0) is 19.6 Å². The second-order valence-corrected chi connectivity index (χ2v) is 6.94. The highest BCUT2D eigenvalue weighted by molar-refractivity contribution is 7.89. The van der Waals surface area contributed by atoms with Crippen molar-refractivity contribution < 1.29 is 36.6 Å². The fraction of sp³-hybridized carbons (Fsp3) is 0.176. The van der Waals surface area contributed by atoms with Crippen molar-refractivity contribution in [2.24, 2.45) is 5.14 Å². The molecule has 0 aromatic heterocycles. The average Bonchev–Trinajstić information content (AvgIpc) is 2.65. The Morgan fingerprint density at radius 3 is 2.43 bits per heavy atom. The first kappa shape index (κ1) is 21.1. The molecule has 0 saturated carbocycles. The first-order chi connectivity index (χ1) is 13.2. The smallest absolute Gasteiger partial charge is 0.341 e. The van der Waals surface area contributed by atoms with Crippen molar-refractivity contribution in [1.82, 2.24) is 0 Å². The summed E-state index contributed by atoms with van der Waals surface area (Å²) < 4.78 is 51.3. The SMILES string of the molecule is COc1ccc(OC)c(NC(=O)COC(=O)c2cc(S(N)(=O)=O)ccc2F)c1. The molecule has 2 aromatic rings. The Morgan fingerprint density at radius 1 is 1.11 bits per heavy atom. The van der Waals surface area contributed by atoms with Crippen LogP contribution in [0.25, 0.3) is 0 Å². The number of benzene rings is 2. The minimum Gasteiger partial charge on any atom is -0.497 e. The topological polar surface area (TPSA) is 134 Å². The summed E-state index contributed by atoms with van der Waals surface area (Å²) in [5, 5.41) is 7.41. The summed E-state index contributed by atoms with van der Waals surface area (Å²) >= 11 is 0. The molecule has 0 saturated heterocycles. The number of halogens is 1. The molecule has 0 radical (unpaired) electrons. The molecule has 0 spiro atoms. The summed E-state index contributed by atoms with van der Waals surface area (Å²) in [4.78, 5) is 23.6. The molecule has 0 atom stereocenters. The van der Waals surface area contributed by atoms with Crippen molar-refractivity contribution in [3.05, 3.63) is 47.8 Å². The van der Waals surface area contributed by atoms with Gasteiger partial charge >= 0.3 is 5.97 Å². The molecular weight excluding hydrogens is 395 g/mol. The maximum atomic E-state index is 13.8. The fourth-order valence-electron chi connectivity index (χ4n) is 2.14. The molecule has 0 aliphatic carbocycles. The summed E-state index contributed by atoms with van der Waals surface area (Å²) in [6, 6.07) is 7.08. The largest absolute Gasteiger partial charge is 0.497 e. The van der Waals surface area contributed by atoms with E-state index in [0.717, 1.165) is 18.2 Å². The van der Waals surface area contributed by atoms with Crippen molar-refractivity contribution in [2.75, 3.05) is 26.1 Å². The summed E-state index contributed by atoms with van der Waals surface area (Å²) in [6.07, 6.45) is 0. The van der Waals surface area contributed by atoms with Crippen LogP contribution < -0.4 is 19.9 Å². The zero-order chi connectivity index (χ0) is 20.9. The van der Waals surface area contributed by atoms with Crippen LogP contribution in [0.15, 0.2) is 41.3 Å². The summed E-state index contributed by atoms with van der Waals surface area (Å²) in [6.45, 7) is -0.752. The Labute approximate surface area is 160 Å². The molecule has 0 bridgehead atoms. The third-order valence-electron chi connectivity index (χ3n) is 3.50. The van der Waals surface area contributed by atoms with Gasteiger partial charge in [-0.3, -0.25) is 4.79 Å². The van der Waals surface area contributed by atoms with Gasteiger partial charge in [0.05, 0.1) is 30.4 Å². The van der Waals surface area contributed by atoms with Crippen LogP contribution in [-0.4, -0.2) is 41.1 Å². The van der Waals surface area contributed by atoms with Crippen molar-refractivity contribution in [1.29, 1.82) is 0 Å². The molecule has 2 aromatic carbocycles. The van der Waals surface area contributed by atoms with E-state index < -0.39 is 44.8 Å². The first-order valence-electron chi connectivity index (χ1n) is 7.67. The molecule has 0 aliphatic rings. The number of methoxy groups -OCH3 is 2. The van der Waals surface area contributed by atoms with Crippen LogP contribution in [0.4, 0.5) is 10.1 Å². The second-order valence-electron chi connectivity index (χ2n) is 5.38. The number of rotatable bonds is 7. The van der Waals surface area contributed by atoms with Crippen molar-refractivity contribution in [3.63, 3.8) is 0 Å². The lowest BCUT2D eigenvalue weighted by Gasteiger charge is -2.12. The van der Waals surface area contributed by atoms with Gasteiger partial charge in [-0.25, -0.2) is 22.7 Å². The molecule has 0 unspecified atom stereocenters. The molecule has 3 N–H and O–H groups in total. The van der Waals surface area contributed by atoms with E-state index in [-0.39, 0.29) is 5.69 Å². The first-order valence-corrected chi connectivity index (χ1v) is 9.21. The Balaban J connectivity index is 2.08. The maximum absolute atomic E-state index is 13.8. The van der Waals surface area contributed by atoms with Gasteiger partial charge in [0.1, 0.15) is 17.3 Å². The lowest BCUT2D eigenvalue weighted by atomic mass is 10.2. The summed E-state index contributed by atoms with van der Waals surface area (Å²) in [7, 11) is -1.30. The Hall–Kier alpha value is -3.18. The number of hydrogen-bond acceptors (Lipinski definition) is 7. The highest BCUT2D eigenvalue weighted by atomic mass is 32.2. The predicted molar refractivity (Wildman–Crippen MR) is 96.2 cm³/mol. The average molecular weight is 412 g/mol. The minimum absolute atomic E-state index is 0.269. The number of anilines is 1. The molecular formula is C17H17FN2O7S. The summed E-state index contributed by atoms with van der Waals surface area (Å²) in [5.41, 5.74) is -0.399. The van der Waals surface area contributed by atoms with Gasteiger partial charge in [0.15, 0.2) is 6.61 Å². The van der Waals surface area contributed by atoms with Crippen molar-refractivity contribution in [3.8, 4) is 11.5 Å². The van der Waals surface area contributed by atoms with Gasteiger partial charge in [-0.05, 0) is 30.3 Å². The van der Waals surface area contributed by atoms with E-state index in [1.807, 2.05) is 0 Å². The highest BCUT2D eigenvalue weighted by Gasteiger charge is 2.19. The number of nitrogens with two attached hydrogens (primary N) is 1. The van der Waals surface area contributed by atoms with Gasteiger partial charge in [-0.15, -0.1) is 0 Å². The van der Waals surface area contributed by atoms with Crippen molar-refractivity contribution >= 4 is 27.6 Å². The number of sulfonamides is 1. The van der Waals surface area contributed by atoms with E-state index in [9.17, 15) is 22.4 Å². The number of amides is 1. The van der Waals surface area contributed by atoms with E-state index >= 15 is 0 Å². The number of esters is 1. The number of nitrogens with one attached hydrogen (secondary N) is 1. The number of carbonyl (C=O) groups is 2. The predicted octanol–water partition coefficient (Wildman–Crippen LogP) is 1.29. The molecule has 0 aliphatic heterocycles. The lowest BCUT2D eigenvalue weighted by molar-refractivity contribution is -0.119. The van der Waals surface area contributed by atoms with E-state index in [2.05, 4.69) is 5.32 Å². The van der Waals surface area contributed by atoms with Crippen LogP contribution in [0.2, 0.25) is 0 Å². The zero-order valence-corrected chi connectivity index (χ0v) is 15.7. The van der Waals surface area contributed by atoms with Gasteiger partial charge in [0.25, 0.3) is 5.91 Å². The van der Waals surface area contributed by atoms with E-state index in [4.69, 9.17) is 19.3 Å². The number of primary sulfonamides is 1. The normalized spacial score (nSPS) is 10.9. The van der Waals surface area contributed by atoms with E-state index in [0.29, 0.717) is 11.5 Å². The monoisotopic (exact) mass is 412 g/mol. The highest BCUT2D eigenvalue weighted by Crippen LogP contribution is 2.28. The van der Waals surface area contributed by atoms with Gasteiger partial charge in [0.2, 0.25) is 10.0 Å². The third-order valence-corrected chi connectivity index (χ3v) is 4.41. The molecule has 11 heteroatoms. The molecule has 0 heterocycles. The Morgan fingerprint density at radius 2 is 1.82 bits per heavy atom. The van der Waals surface area contributed by atoms with Crippen LogP contribution in [0.5, 0.6) is 11.5 Å². The van der Waals surface area contributed by atoms with Crippen LogP contribution >= 0.6 is 0 Å². The van der Waals surface area contributed by atoms with E-state index in [1.165, 1.54) is 20.3 Å². The lowest BCUT2D eigenvalue weighted by Crippen LogP contribution is -2.22. The molecule has 150 valence electrons. The second kappa shape index (κ2) is 8.67. The van der Waals surface area contributed by atoms with Crippen molar-refractivity contribution in [2.45, 2.75) is 4.90 Å². The zero-order valence-electron chi connectivity index (χ0n) is 14.9. The number of ether oxygens (including phenoxy) is 3. The molecule has 28 heavy (non-hydrogen) atoms. The quantitative estimate of drug-likeness (QED) is 0.654. The molecule has 2 rings (SSSR count). The van der Waals surface area contributed by atoms with Crippen LogP contribution in [0.3, 0.4) is 0 Å². The maximum Gasteiger partial charge on any atom is 0.341 e. The molecule has 0 fully saturated rings.